The third kappa shape index (κ3) is 3.73. The van der Waals surface area contributed by atoms with Gasteiger partial charge < -0.3 is 9.47 Å². The molecule has 1 aliphatic rings. The van der Waals surface area contributed by atoms with Gasteiger partial charge in [0.2, 0.25) is 0 Å². The van der Waals surface area contributed by atoms with Crippen molar-refractivity contribution in [3.05, 3.63) is 59.7 Å². The van der Waals surface area contributed by atoms with E-state index >= 15 is 0 Å². The first-order valence-corrected chi connectivity index (χ1v) is 10.2. The van der Waals surface area contributed by atoms with Crippen molar-refractivity contribution in [2.75, 3.05) is 13.2 Å². The molecule has 3 rings (SSSR count). The minimum atomic E-state index is -7.04. The van der Waals surface area contributed by atoms with Crippen molar-refractivity contribution in [3.63, 3.8) is 0 Å². The number of hydrogen-bond donors (Lipinski definition) is 1. The van der Waals surface area contributed by atoms with Crippen molar-refractivity contribution < 1.29 is 53.6 Å². The Balaban J connectivity index is 1.78. The standard InChI is InChI=1S/C19H14F6O6S/c20-18(21,22)17(19(23,24)25,32(27,28)29)16(26)31-10-9-30-15-13-7-3-1-5-11(13)12-6-2-4-8-14(12)15/h1-8,15H,9-10H2,(H,27,28,29). The summed E-state index contributed by atoms with van der Waals surface area (Å²) in [5.41, 5.74) is 2.98. The fourth-order valence-electron chi connectivity index (χ4n) is 3.48. The molecule has 32 heavy (non-hydrogen) atoms. The van der Waals surface area contributed by atoms with E-state index in [4.69, 9.17) is 9.29 Å². The molecule has 1 aliphatic carbocycles. The third-order valence-corrected chi connectivity index (χ3v) is 6.25. The van der Waals surface area contributed by atoms with Gasteiger partial charge in [-0.2, -0.15) is 34.8 Å². The number of alkyl halides is 6. The van der Waals surface area contributed by atoms with Crippen LogP contribution in [0.4, 0.5) is 26.3 Å². The molecule has 0 unspecified atom stereocenters. The number of carbonyl (C=O) groups excluding carboxylic acids is 1. The van der Waals surface area contributed by atoms with Gasteiger partial charge in [0.05, 0.1) is 6.61 Å². The first-order valence-electron chi connectivity index (χ1n) is 8.81. The Labute approximate surface area is 177 Å². The smallest absolute Gasteiger partial charge is 0.430 e. The summed E-state index contributed by atoms with van der Waals surface area (Å²) < 4.78 is 113. The van der Waals surface area contributed by atoms with E-state index in [1.54, 1.807) is 48.5 Å². The second-order valence-corrected chi connectivity index (χ2v) is 8.28. The average Bonchev–Trinajstić information content (AvgIpc) is 2.96. The van der Waals surface area contributed by atoms with E-state index in [-0.39, 0.29) is 0 Å². The third-order valence-electron chi connectivity index (χ3n) is 4.85. The van der Waals surface area contributed by atoms with Gasteiger partial charge in [0.15, 0.2) is 0 Å². The van der Waals surface area contributed by atoms with E-state index in [0.717, 1.165) is 11.1 Å². The van der Waals surface area contributed by atoms with E-state index in [2.05, 4.69) is 4.74 Å². The van der Waals surface area contributed by atoms with Crippen LogP contribution in [0.2, 0.25) is 0 Å². The lowest BCUT2D eigenvalue weighted by atomic mass is 10.1. The number of halogens is 6. The topological polar surface area (TPSA) is 89.9 Å². The van der Waals surface area contributed by atoms with Crippen molar-refractivity contribution in [1.29, 1.82) is 0 Å². The summed E-state index contributed by atoms with van der Waals surface area (Å²) in [6.07, 6.45) is -14.2. The van der Waals surface area contributed by atoms with Crippen LogP contribution < -0.4 is 0 Å². The van der Waals surface area contributed by atoms with Crippen LogP contribution in [0, 0.1) is 0 Å². The minimum Gasteiger partial charge on any atom is -0.461 e. The van der Waals surface area contributed by atoms with Crippen LogP contribution in [0.25, 0.3) is 11.1 Å². The molecule has 2 aromatic carbocycles. The zero-order valence-corrected chi connectivity index (χ0v) is 16.6. The molecule has 0 radical (unpaired) electrons. The Kier molecular flexibility index (Phi) is 6.04. The van der Waals surface area contributed by atoms with Crippen molar-refractivity contribution in [2.45, 2.75) is 23.2 Å². The van der Waals surface area contributed by atoms with Gasteiger partial charge >= 0.3 is 33.2 Å². The van der Waals surface area contributed by atoms with E-state index < -0.39 is 52.5 Å². The molecule has 2 aromatic rings. The zero-order chi connectivity index (χ0) is 23.9. The molecule has 0 heterocycles. The Morgan fingerprint density at radius 3 is 1.69 bits per heavy atom. The number of rotatable bonds is 6. The maximum atomic E-state index is 13.1. The van der Waals surface area contributed by atoms with Crippen LogP contribution in [0.5, 0.6) is 0 Å². The monoisotopic (exact) mass is 484 g/mol. The molecule has 0 fully saturated rings. The molecule has 13 heteroatoms. The second-order valence-electron chi connectivity index (χ2n) is 6.71. The van der Waals surface area contributed by atoms with E-state index in [9.17, 15) is 39.6 Å². The lowest BCUT2D eigenvalue weighted by Crippen LogP contribution is -2.67. The van der Waals surface area contributed by atoms with Crippen LogP contribution in [-0.4, -0.2) is 49.3 Å². The molecule has 0 amide bonds. The van der Waals surface area contributed by atoms with Crippen LogP contribution in [0.1, 0.15) is 17.2 Å². The van der Waals surface area contributed by atoms with Crippen LogP contribution in [0.3, 0.4) is 0 Å². The molecule has 0 aliphatic heterocycles. The fraction of sp³-hybridized carbons (Fsp3) is 0.316. The van der Waals surface area contributed by atoms with Gasteiger partial charge in [0.25, 0.3) is 0 Å². The molecule has 6 nitrogen and oxygen atoms in total. The number of fused-ring (bicyclic) bond motifs is 3. The molecule has 0 bridgehead atoms. The molecule has 0 aromatic heterocycles. The highest BCUT2D eigenvalue weighted by molar-refractivity contribution is 7.88. The Bertz CT molecular complexity index is 1070. The quantitative estimate of drug-likeness (QED) is 0.288. The predicted molar refractivity (Wildman–Crippen MR) is 97.0 cm³/mol. The Morgan fingerprint density at radius 1 is 0.844 bits per heavy atom. The molecule has 0 atom stereocenters. The fourth-order valence-corrected chi connectivity index (χ4v) is 4.34. The van der Waals surface area contributed by atoms with Gasteiger partial charge in [0, 0.05) is 0 Å². The molecule has 0 saturated carbocycles. The van der Waals surface area contributed by atoms with Crippen molar-refractivity contribution in [3.8, 4) is 11.1 Å². The van der Waals surface area contributed by atoms with Gasteiger partial charge in [0.1, 0.15) is 12.7 Å². The van der Waals surface area contributed by atoms with Gasteiger partial charge in [-0.25, -0.2) is 4.79 Å². The molecule has 0 saturated heterocycles. The number of ether oxygens (including phenoxy) is 2. The van der Waals surface area contributed by atoms with E-state index in [0.29, 0.717) is 11.1 Å². The number of hydrogen-bond acceptors (Lipinski definition) is 5. The maximum absolute atomic E-state index is 13.1. The molecule has 174 valence electrons. The molecule has 1 N–H and O–H groups in total. The highest BCUT2D eigenvalue weighted by Gasteiger charge is 2.84. The van der Waals surface area contributed by atoms with E-state index in [1.807, 2.05) is 0 Å². The minimum absolute atomic E-state index is 0.656. The highest BCUT2D eigenvalue weighted by atomic mass is 32.2. The summed E-state index contributed by atoms with van der Waals surface area (Å²) >= 11 is 0. The second kappa shape index (κ2) is 8.05. The number of esters is 1. The average molecular weight is 484 g/mol. The van der Waals surface area contributed by atoms with Crippen molar-refractivity contribution in [1.82, 2.24) is 0 Å². The molecular formula is C19H14F6O6S. The lowest BCUT2D eigenvalue weighted by molar-refractivity contribution is -0.269. The molecular weight excluding hydrogens is 470 g/mol. The summed E-state index contributed by atoms with van der Waals surface area (Å²) in [5, 5.41) is 0. The Hall–Kier alpha value is -2.64. The van der Waals surface area contributed by atoms with Crippen LogP contribution in [0.15, 0.2) is 48.5 Å². The summed E-state index contributed by atoms with van der Waals surface area (Å²) in [7, 11) is -7.04. The highest BCUT2D eigenvalue weighted by Crippen LogP contribution is 2.49. The van der Waals surface area contributed by atoms with Gasteiger partial charge in [-0.05, 0) is 22.3 Å². The van der Waals surface area contributed by atoms with Crippen LogP contribution in [-0.2, 0) is 24.4 Å². The zero-order valence-electron chi connectivity index (χ0n) is 15.8. The van der Waals surface area contributed by atoms with E-state index in [1.165, 1.54) is 0 Å². The predicted octanol–water partition coefficient (Wildman–Crippen LogP) is 4.07. The first-order chi connectivity index (χ1) is 14.7. The van der Waals surface area contributed by atoms with Crippen molar-refractivity contribution in [2.24, 2.45) is 0 Å². The van der Waals surface area contributed by atoms with Gasteiger partial charge in [-0.1, -0.05) is 48.5 Å². The number of benzene rings is 2. The summed E-state index contributed by atoms with van der Waals surface area (Å²) in [4.78, 5) is 11.7. The summed E-state index contributed by atoms with van der Waals surface area (Å²) in [6.45, 7) is -1.79. The first kappa shape index (κ1) is 24.0. The van der Waals surface area contributed by atoms with Crippen LogP contribution >= 0.6 is 0 Å². The Morgan fingerprint density at radius 2 is 1.28 bits per heavy atom. The SMILES string of the molecule is O=C(OCCOC1c2ccccc2-c2ccccc21)C(C(F)(F)F)(C(F)(F)F)S(=O)(=O)O. The normalized spacial score (nSPS) is 14.7. The largest absolute Gasteiger partial charge is 0.461 e. The maximum Gasteiger partial charge on any atom is 0.430 e. The lowest BCUT2D eigenvalue weighted by Gasteiger charge is -2.31. The summed E-state index contributed by atoms with van der Waals surface area (Å²) in [5.74, 6) is -3.23. The number of carbonyl (C=O) groups is 1. The summed E-state index contributed by atoms with van der Waals surface area (Å²) in [6, 6.07) is 14.0. The molecule has 0 spiro atoms. The van der Waals surface area contributed by atoms with Gasteiger partial charge in [-0.15, -0.1) is 0 Å². The van der Waals surface area contributed by atoms with Crippen molar-refractivity contribution >= 4 is 16.1 Å². The van der Waals surface area contributed by atoms with Gasteiger partial charge in [-0.3, -0.25) is 4.55 Å².